The highest BCUT2D eigenvalue weighted by atomic mass is 32.2. The molecule has 2 heterocycles. The van der Waals surface area contributed by atoms with Crippen molar-refractivity contribution < 1.29 is 8.42 Å². The summed E-state index contributed by atoms with van der Waals surface area (Å²) in [6.45, 7) is 4.95. The summed E-state index contributed by atoms with van der Waals surface area (Å²) >= 11 is 0. The van der Waals surface area contributed by atoms with Crippen LogP contribution in [0.2, 0.25) is 0 Å². The lowest BCUT2D eigenvalue weighted by atomic mass is 10.2. The number of hydrogen-bond acceptors (Lipinski definition) is 4. The predicted octanol–water partition coefficient (Wildman–Crippen LogP) is 0.706. The van der Waals surface area contributed by atoms with Crippen molar-refractivity contribution in [1.29, 1.82) is 0 Å². The van der Waals surface area contributed by atoms with Gasteiger partial charge in [-0.3, -0.25) is 5.10 Å². The molecule has 1 aromatic heterocycles. The lowest BCUT2D eigenvalue weighted by molar-refractivity contribution is 0.200. The van der Waals surface area contributed by atoms with Crippen molar-refractivity contribution in [3.63, 3.8) is 0 Å². The number of piperidine rings is 1. The highest BCUT2D eigenvalue weighted by Gasteiger charge is 2.25. The summed E-state index contributed by atoms with van der Waals surface area (Å²) in [4.78, 5) is 2.89. The molecule has 0 unspecified atom stereocenters. The Morgan fingerprint density at radius 2 is 1.88 bits per heavy atom. The number of nitrogens with one attached hydrogen (secondary N) is 2. The van der Waals surface area contributed by atoms with Crippen molar-refractivity contribution in [2.45, 2.75) is 38.0 Å². The van der Waals surface area contributed by atoms with Crippen LogP contribution < -0.4 is 4.83 Å². The van der Waals surface area contributed by atoms with Crippen molar-refractivity contribution in [1.82, 2.24) is 20.0 Å². The molecule has 1 fully saturated rings. The first-order chi connectivity index (χ1) is 8.00. The van der Waals surface area contributed by atoms with Crippen LogP contribution in [0.4, 0.5) is 0 Å². The number of aryl methyl sites for hydroxylation is 2. The molecule has 6 nitrogen and oxygen atoms in total. The van der Waals surface area contributed by atoms with Crippen LogP contribution in [-0.2, 0) is 10.0 Å². The van der Waals surface area contributed by atoms with Gasteiger partial charge in [0.2, 0.25) is 0 Å². The first kappa shape index (κ1) is 12.5. The molecule has 17 heavy (non-hydrogen) atoms. The molecule has 0 aromatic carbocycles. The topological polar surface area (TPSA) is 78.1 Å². The average Bonchev–Trinajstić information content (AvgIpc) is 2.59. The molecule has 0 saturated carbocycles. The van der Waals surface area contributed by atoms with Crippen LogP contribution in [0.25, 0.3) is 0 Å². The molecule has 0 radical (unpaired) electrons. The quantitative estimate of drug-likeness (QED) is 0.837. The Kier molecular flexibility index (Phi) is 3.50. The van der Waals surface area contributed by atoms with Gasteiger partial charge in [-0.1, -0.05) is 6.42 Å². The largest absolute Gasteiger partial charge is 0.281 e. The molecule has 1 aliphatic heterocycles. The highest BCUT2D eigenvalue weighted by molar-refractivity contribution is 7.89. The number of aromatic nitrogens is 2. The SMILES string of the molecule is Cc1n[nH]c(C)c1S(=O)(=O)NN1CCCCC1. The summed E-state index contributed by atoms with van der Waals surface area (Å²) < 4.78 is 24.4. The molecule has 0 atom stereocenters. The van der Waals surface area contributed by atoms with Gasteiger partial charge in [-0.25, -0.2) is 13.4 Å². The number of rotatable bonds is 3. The van der Waals surface area contributed by atoms with Gasteiger partial charge in [0.05, 0.1) is 11.4 Å². The van der Waals surface area contributed by atoms with Crippen molar-refractivity contribution >= 4 is 10.0 Å². The summed E-state index contributed by atoms with van der Waals surface area (Å²) in [6.07, 6.45) is 3.24. The van der Waals surface area contributed by atoms with Crippen molar-refractivity contribution in [3.05, 3.63) is 11.4 Å². The van der Waals surface area contributed by atoms with Crippen LogP contribution in [0.3, 0.4) is 0 Å². The first-order valence-corrected chi connectivity index (χ1v) is 7.28. The second kappa shape index (κ2) is 4.75. The molecular formula is C10H18N4O2S. The summed E-state index contributed by atoms with van der Waals surface area (Å²) in [5.41, 5.74) is 1.08. The highest BCUT2D eigenvalue weighted by Crippen LogP contribution is 2.17. The number of hydrogen-bond donors (Lipinski definition) is 2. The summed E-state index contributed by atoms with van der Waals surface area (Å²) in [7, 11) is -3.50. The monoisotopic (exact) mass is 258 g/mol. The maximum Gasteiger partial charge on any atom is 0.257 e. The fourth-order valence-corrected chi connectivity index (χ4v) is 3.63. The number of sulfonamides is 1. The second-order valence-corrected chi connectivity index (χ2v) is 6.00. The van der Waals surface area contributed by atoms with Crippen LogP contribution in [-0.4, -0.2) is 36.7 Å². The first-order valence-electron chi connectivity index (χ1n) is 5.79. The van der Waals surface area contributed by atoms with Gasteiger partial charge in [-0.2, -0.15) is 5.10 Å². The molecule has 0 spiro atoms. The third-order valence-corrected chi connectivity index (χ3v) is 4.57. The van der Waals surface area contributed by atoms with E-state index in [0.29, 0.717) is 11.4 Å². The van der Waals surface area contributed by atoms with Gasteiger partial charge in [0, 0.05) is 13.1 Å². The molecule has 1 aliphatic rings. The minimum absolute atomic E-state index is 0.267. The van der Waals surface area contributed by atoms with Crippen LogP contribution in [0.1, 0.15) is 30.7 Å². The van der Waals surface area contributed by atoms with E-state index in [2.05, 4.69) is 15.0 Å². The molecule has 0 aliphatic carbocycles. The van der Waals surface area contributed by atoms with Crippen LogP contribution in [0, 0.1) is 13.8 Å². The van der Waals surface area contributed by atoms with Crippen molar-refractivity contribution in [2.75, 3.05) is 13.1 Å². The van der Waals surface area contributed by atoms with E-state index < -0.39 is 10.0 Å². The Morgan fingerprint density at radius 1 is 1.24 bits per heavy atom. The van der Waals surface area contributed by atoms with E-state index in [1.807, 2.05) is 0 Å². The molecule has 2 N–H and O–H groups in total. The van der Waals surface area contributed by atoms with E-state index in [4.69, 9.17) is 0 Å². The zero-order valence-corrected chi connectivity index (χ0v) is 11.0. The third-order valence-electron chi connectivity index (χ3n) is 2.93. The maximum absolute atomic E-state index is 12.2. The Hall–Kier alpha value is -0.920. The normalized spacial score (nSPS) is 18.5. The van der Waals surface area contributed by atoms with E-state index in [1.54, 1.807) is 18.9 Å². The molecule has 1 aromatic rings. The van der Waals surface area contributed by atoms with E-state index in [0.717, 1.165) is 25.9 Å². The van der Waals surface area contributed by atoms with Gasteiger partial charge in [0.1, 0.15) is 4.90 Å². The molecule has 0 bridgehead atoms. The summed E-state index contributed by atoms with van der Waals surface area (Å²) in [5.74, 6) is 0. The van der Waals surface area contributed by atoms with Gasteiger partial charge >= 0.3 is 0 Å². The Morgan fingerprint density at radius 3 is 2.41 bits per heavy atom. The van der Waals surface area contributed by atoms with E-state index >= 15 is 0 Å². The van der Waals surface area contributed by atoms with E-state index in [1.165, 1.54) is 6.42 Å². The molecule has 1 saturated heterocycles. The molecule has 7 heteroatoms. The summed E-state index contributed by atoms with van der Waals surface area (Å²) in [6, 6.07) is 0. The number of hydrazine groups is 1. The average molecular weight is 258 g/mol. The standard InChI is InChI=1S/C10H18N4O2S/c1-8-10(9(2)12-11-8)17(15,16)13-14-6-4-3-5-7-14/h13H,3-7H2,1-2H3,(H,11,12). The zero-order valence-electron chi connectivity index (χ0n) is 10.2. The summed E-state index contributed by atoms with van der Waals surface area (Å²) in [5, 5.41) is 8.37. The number of H-pyrrole nitrogens is 1. The van der Waals surface area contributed by atoms with Crippen LogP contribution in [0.5, 0.6) is 0 Å². The van der Waals surface area contributed by atoms with E-state index in [9.17, 15) is 8.42 Å². The Labute approximate surface area is 101 Å². The van der Waals surface area contributed by atoms with Gasteiger partial charge in [-0.05, 0) is 26.7 Å². The maximum atomic E-state index is 12.2. The molecule has 0 amide bonds. The van der Waals surface area contributed by atoms with Crippen molar-refractivity contribution in [2.24, 2.45) is 0 Å². The van der Waals surface area contributed by atoms with Crippen LogP contribution >= 0.6 is 0 Å². The van der Waals surface area contributed by atoms with Crippen molar-refractivity contribution in [3.8, 4) is 0 Å². The Bertz CT molecular complexity index is 469. The zero-order chi connectivity index (χ0) is 12.5. The smallest absolute Gasteiger partial charge is 0.257 e. The predicted molar refractivity (Wildman–Crippen MR) is 63.8 cm³/mol. The Balaban J connectivity index is 2.19. The second-order valence-electron chi connectivity index (χ2n) is 4.41. The van der Waals surface area contributed by atoms with Gasteiger partial charge in [0.15, 0.2) is 0 Å². The molecule has 2 rings (SSSR count). The molecule has 96 valence electrons. The minimum Gasteiger partial charge on any atom is -0.281 e. The van der Waals surface area contributed by atoms with Gasteiger partial charge in [0.25, 0.3) is 10.0 Å². The minimum atomic E-state index is -3.50. The number of aromatic amines is 1. The van der Waals surface area contributed by atoms with Gasteiger partial charge in [-0.15, -0.1) is 4.83 Å². The molecular weight excluding hydrogens is 240 g/mol. The van der Waals surface area contributed by atoms with E-state index in [-0.39, 0.29) is 4.90 Å². The fourth-order valence-electron chi connectivity index (χ4n) is 2.14. The third kappa shape index (κ3) is 2.67. The number of nitrogens with zero attached hydrogens (tertiary/aromatic N) is 2. The van der Waals surface area contributed by atoms with Gasteiger partial charge < -0.3 is 0 Å². The lowest BCUT2D eigenvalue weighted by Gasteiger charge is -2.26. The van der Waals surface area contributed by atoms with Crippen LogP contribution in [0.15, 0.2) is 4.90 Å². The fraction of sp³-hybridized carbons (Fsp3) is 0.700. The lowest BCUT2D eigenvalue weighted by Crippen LogP contribution is -2.45.